The smallest absolute Gasteiger partial charge is 0.345 e. The molecule has 2 aromatic rings. The monoisotopic (exact) mass is 263 g/mol. The number of carboxylic acids is 1. The highest BCUT2D eigenvalue weighted by Gasteiger charge is 2.22. The fraction of sp³-hybridized carbons (Fsp3) is 0.231. The Morgan fingerprint density at radius 3 is 2.61 bits per heavy atom. The molecule has 0 aliphatic carbocycles. The van der Waals surface area contributed by atoms with E-state index >= 15 is 0 Å². The van der Waals surface area contributed by atoms with E-state index in [-0.39, 0.29) is 4.88 Å². The summed E-state index contributed by atoms with van der Waals surface area (Å²) in [4.78, 5) is 11.1. The summed E-state index contributed by atoms with van der Waals surface area (Å²) in [6.45, 7) is 2.81. The van der Waals surface area contributed by atoms with Gasteiger partial charge in [-0.1, -0.05) is 0 Å². The van der Waals surface area contributed by atoms with Gasteiger partial charge < -0.3 is 5.11 Å². The SMILES string of the molecule is CC(C)(F)c1cc(C#N)c2sc(C(=O)O)cc2c1. The van der Waals surface area contributed by atoms with Gasteiger partial charge in [0.25, 0.3) is 0 Å². The Hall–Kier alpha value is -1.93. The quantitative estimate of drug-likeness (QED) is 0.899. The summed E-state index contributed by atoms with van der Waals surface area (Å²) in [5.41, 5.74) is -0.877. The van der Waals surface area contributed by atoms with Crippen LogP contribution in [0.2, 0.25) is 0 Å². The lowest BCUT2D eigenvalue weighted by Crippen LogP contribution is -2.08. The van der Waals surface area contributed by atoms with Gasteiger partial charge in [0, 0.05) is 0 Å². The first-order valence-corrected chi connectivity index (χ1v) is 6.05. The summed E-state index contributed by atoms with van der Waals surface area (Å²) < 4.78 is 14.5. The molecule has 1 N–H and O–H groups in total. The van der Waals surface area contributed by atoms with E-state index < -0.39 is 11.6 Å². The molecule has 0 amide bonds. The van der Waals surface area contributed by atoms with Crippen LogP contribution >= 0.6 is 11.3 Å². The van der Waals surface area contributed by atoms with Crippen LogP contribution in [0, 0.1) is 11.3 Å². The standard InChI is InChI=1S/C13H10FNO2S/c1-13(2,14)9-3-7-5-10(12(16)17)18-11(7)8(4-9)6-15/h3-5H,1-2H3,(H,16,17). The molecule has 0 aliphatic rings. The largest absolute Gasteiger partial charge is 0.477 e. The Balaban J connectivity index is 2.77. The van der Waals surface area contributed by atoms with Crippen molar-refractivity contribution in [1.29, 1.82) is 5.26 Å². The van der Waals surface area contributed by atoms with Crippen molar-refractivity contribution in [2.75, 3.05) is 0 Å². The van der Waals surface area contributed by atoms with Crippen LogP contribution < -0.4 is 0 Å². The van der Waals surface area contributed by atoms with E-state index in [1.807, 2.05) is 6.07 Å². The molecule has 0 unspecified atom stereocenters. The first kappa shape index (κ1) is 12.5. The number of thiophene rings is 1. The van der Waals surface area contributed by atoms with Gasteiger partial charge in [-0.15, -0.1) is 11.3 Å². The number of fused-ring (bicyclic) bond motifs is 1. The number of hydrogen-bond acceptors (Lipinski definition) is 3. The van der Waals surface area contributed by atoms with E-state index in [1.54, 1.807) is 6.07 Å². The number of benzene rings is 1. The zero-order valence-electron chi connectivity index (χ0n) is 9.82. The molecular formula is C13H10FNO2S. The van der Waals surface area contributed by atoms with Crippen LogP contribution in [0.3, 0.4) is 0 Å². The maximum Gasteiger partial charge on any atom is 0.345 e. The maximum absolute atomic E-state index is 13.9. The Morgan fingerprint density at radius 1 is 1.44 bits per heavy atom. The van der Waals surface area contributed by atoms with E-state index in [0.717, 1.165) is 11.3 Å². The summed E-state index contributed by atoms with van der Waals surface area (Å²) >= 11 is 1.03. The summed E-state index contributed by atoms with van der Waals surface area (Å²) in [6, 6.07) is 6.53. The topological polar surface area (TPSA) is 61.1 Å². The minimum absolute atomic E-state index is 0.148. The number of carboxylic acid groups (broad SMARTS) is 1. The Morgan fingerprint density at radius 2 is 2.11 bits per heavy atom. The molecule has 0 saturated carbocycles. The lowest BCUT2D eigenvalue weighted by molar-refractivity contribution is 0.0702. The predicted octanol–water partition coefficient (Wildman–Crippen LogP) is 3.68. The van der Waals surface area contributed by atoms with Crippen molar-refractivity contribution in [1.82, 2.24) is 0 Å². The minimum Gasteiger partial charge on any atom is -0.477 e. The second-order valence-corrected chi connectivity index (χ2v) is 5.49. The van der Waals surface area contributed by atoms with Gasteiger partial charge in [0.05, 0.1) is 10.3 Å². The molecule has 0 spiro atoms. The second kappa shape index (κ2) is 4.07. The molecule has 0 atom stereocenters. The van der Waals surface area contributed by atoms with Crippen molar-refractivity contribution < 1.29 is 14.3 Å². The second-order valence-electron chi connectivity index (χ2n) is 4.44. The van der Waals surface area contributed by atoms with Crippen molar-refractivity contribution in [2.24, 2.45) is 0 Å². The van der Waals surface area contributed by atoms with Gasteiger partial charge >= 0.3 is 5.97 Å². The fourth-order valence-corrected chi connectivity index (χ4v) is 2.63. The lowest BCUT2D eigenvalue weighted by atomic mass is 9.97. The third-order valence-electron chi connectivity index (χ3n) is 2.63. The van der Waals surface area contributed by atoms with E-state index in [0.29, 0.717) is 21.2 Å². The number of aromatic carboxylic acids is 1. The van der Waals surface area contributed by atoms with Gasteiger partial charge in [0.15, 0.2) is 0 Å². The number of alkyl halides is 1. The zero-order chi connectivity index (χ0) is 13.5. The number of nitrogens with zero attached hydrogens (tertiary/aromatic N) is 1. The van der Waals surface area contributed by atoms with Crippen molar-refractivity contribution in [3.8, 4) is 6.07 Å². The number of nitriles is 1. The maximum atomic E-state index is 13.9. The fourth-order valence-electron chi connectivity index (χ4n) is 1.68. The molecule has 5 heteroatoms. The predicted molar refractivity (Wildman–Crippen MR) is 67.6 cm³/mol. The van der Waals surface area contributed by atoms with Gasteiger partial charge in [0.1, 0.15) is 16.6 Å². The molecule has 18 heavy (non-hydrogen) atoms. The zero-order valence-corrected chi connectivity index (χ0v) is 10.6. The molecule has 0 radical (unpaired) electrons. The van der Waals surface area contributed by atoms with E-state index in [9.17, 15) is 9.18 Å². The number of hydrogen-bond donors (Lipinski definition) is 1. The summed E-state index contributed by atoms with van der Waals surface area (Å²) in [6.07, 6.45) is 0. The minimum atomic E-state index is -1.56. The average Bonchev–Trinajstić information content (AvgIpc) is 2.70. The number of halogens is 1. The van der Waals surface area contributed by atoms with Crippen molar-refractivity contribution >= 4 is 27.4 Å². The summed E-state index contributed by atoms with van der Waals surface area (Å²) in [5, 5.41) is 18.6. The lowest BCUT2D eigenvalue weighted by Gasteiger charge is -2.15. The van der Waals surface area contributed by atoms with Crippen LogP contribution in [0.4, 0.5) is 4.39 Å². The number of rotatable bonds is 2. The first-order valence-electron chi connectivity index (χ1n) is 5.23. The van der Waals surface area contributed by atoms with Crippen molar-refractivity contribution in [2.45, 2.75) is 19.5 Å². The highest BCUT2D eigenvalue weighted by molar-refractivity contribution is 7.21. The van der Waals surface area contributed by atoms with Crippen LogP contribution in [0.1, 0.15) is 34.6 Å². The van der Waals surface area contributed by atoms with Gasteiger partial charge in [-0.3, -0.25) is 0 Å². The molecule has 1 heterocycles. The molecule has 1 aromatic heterocycles. The van der Waals surface area contributed by atoms with Crippen LogP contribution in [0.5, 0.6) is 0 Å². The number of carbonyl (C=O) groups is 1. The van der Waals surface area contributed by atoms with Crippen molar-refractivity contribution in [3.63, 3.8) is 0 Å². The Kier molecular flexibility index (Phi) is 2.83. The van der Waals surface area contributed by atoms with Crippen LogP contribution in [-0.4, -0.2) is 11.1 Å². The molecule has 0 fully saturated rings. The molecule has 0 bridgehead atoms. The molecule has 3 nitrogen and oxygen atoms in total. The average molecular weight is 263 g/mol. The van der Waals surface area contributed by atoms with Crippen LogP contribution in [-0.2, 0) is 5.67 Å². The van der Waals surface area contributed by atoms with Gasteiger partial charge in [0.2, 0.25) is 0 Å². The molecule has 0 saturated heterocycles. The highest BCUT2D eigenvalue weighted by atomic mass is 32.1. The normalized spacial score (nSPS) is 11.4. The molecular weight excluding hydrogens is 253 g/mol. The Bertz CT molecular complexity index is 677. The van der Waals surface area contributed by atoms with E-state index in [2.05, 4.69) is 0 Å². The van der Waals surface area contributed by atoms with Gasteiger partial charge in [-0.05, 0) is 43.0 Å². The molecule has 92 valence electrons. The highest BCUT2D eigenvalue weighted by Crippen LogP contribution is 2.34. The van der Waals surface area contributed by atoms with Crippen molar-refractivity contribution in [3.05, 3.63) is 34.2 Å². The molecule has 2 rings (SSSR count). The van der Waals surface area contributed by atoms with Gasteiger partial charge in [-0.25, -0.2) is 9.18 Å². The molecule has 0 aliphatic heterocycles. The van der Waals surface area contributed by atoms with Crippen LogP contribution in [0.15, 0.2) is 18.2 Å². The van der Waals surface area contributed by atoms with E-state index in [4.69, 9.17) is 10.4 Å². The van der Waals surface area contributed by atoms with Gasteiger partial charge in [-0.2, -0.15) is 5.26 Å². The molecule has 1 aromatic carbocycles. The first-order chi connectivity index (χ1) is 8.32. The van der Waals surface area contributed by atoms with Crippen LogP contribution in [0.25, 0.3) is 10.1 Å². The summed E-state index contributed by atoms with van der Waals surface area (Å²) in [7, 11) is 0. The van der Waals surface area contributed by atoms with E-state index in [1.165, 1.54) is 26.0 Å². The Labute approximate surface area is 107 Å². The third-order valence-corrected chi connectivity index (χ3v) is 3.81. The summed E-state index contributed by atoms with van der Waals surface area (Å²) in [5.74, 6) is -1.04. The third kappa shape index (κ3) is 2.07.